The molecule has 42 heavy (non-hydrogen) atoms. The van der Waals surface area contributed by atoms with Gasteiger partial charge in [-0.1, -0.05) is 48.9 Å². The van der Waals surface area contributed by atoms with E-state index in [4.69, 9.17) is 14.2 Å². The first-order valence-electron chi connectivity index (χ1n) is 15.1. The topological polar surface area (TPSA) is 35.9 Å². The van der Waals surface area contributed by atoms with Crippen LogP contribution in [0.25, 0.3) is 22.2 Å². The molecule has 0 radical (unpaired) electrons. The molecule has 4 aromatic carbocycles. The molecule has 0 amide bonds. The molecule has 0 saturated carbocycles. The molecule has 0 N–H and O–H groups in total. The number of nitrogens with zero attached hydrogens (tertiary/aromatic N) is 2. The van der Waals surface area contributed by atoms with Crippen molar-refractivity contribution in [2.75, 3.05) is 33.4 Å². The Balaban J connectivity index is 1.25. The van der Waals surface area contributed by atoms with Crippen molar-refractivity contribution in [2.24, 2.45) is 0 Å². The predicted octanol–water partition coefficient (Wildman–Crippen LogP) is 8.12. The maximum Gasteiger partial charge on any atom is 0.120 e. The zero-order valence-corrected chi connectivity index (χ0v) is 24.7. The van der Waals surface area contributed by atoms with Crippen molar-refractivity contribution in [1.29, 1.82) is 0 Å². The number of rotatable bonds is 11. The van der Waals surface area contributed by atoms with Crippen LogP contribution in [-0.2, 0) is 13.2 Å². The van der Waals surface area contributed by atoms with Gasteiger partial charge in [-0.25, -0.2) is 0 Å². The van der Waals surface area contributed by atoms with Crippen molar-refractivity contribution in [3.8, 4) is 28.5 Å². The third-order valence-corrected chi connectivity index (χ3v) is 8.29. The van der Waals surface area contributed by atoms with Crippen LogP contribution in [0.4, 0.5) is 0 Å². The number of ether oxygens (including phenoxy) is 3. The van der Waals surface area contributed by atoms with Gasteiger partial charge in [0.1, 0.15) is 30.5 Å². The van der Waals surface area contributed by atoms with Gasteiger partial charge in [-0.15, -0.1) is 0 Å². The first-order valence-corrected chi connectivity index (χ1v) is 15.1. The Bertz CT molecular complexity index is 1580. The average Bonchev–Trinajstić information content (AvgIpc) is 3.32. The molecule has 1 aromatic heterocycles. The fourth-order valence-corrected chi connectivity index (χ4v) is 5.97. The van der Waals surface area contributed by atoms with E-state index in [0.717, 1.165) is 48.1 Å². The highest BCUT2D eigenvalue weighted by Gasteiger charge is 2.18. The number of benzene rings is 4. The summed E-state index contributed by atoms with van der Waals surface area (Å²) >= 11 is 0. The van der Waals surface area contributed by atoms with Crippen molar-refractivity contribution in [3.63, 3.8) is 0 Å². The minimum Gasteiger partial charge on any atom is -0.497 e. The fraction of sp³-hybridized carbons (Fsp3) is 0.297. The molecule has 1 aliphatic heterocycles. The maximum absolute atomic E-state index is 6.20. The van der Waals surface area contributed by atoms with Gasteiger partial charge in [-0.2, -0.15) is 0 Å². The molecule has 0 spiro atoms. The zero-order valence-electron chi connectivity index (χ0n) is 24.7. The monoisotopic (exact) mass is 560 g/mol. The molecule has 0 unspecified atom stereocenters. The van der Waals surface area contributed by atoms with E-state index in [0.29, 0.717) is 6.61 Å². The number of likely N-dealkylation sites (tertiary alicyclic amines) is 1. The third kappa shape index (κ3) is 6.47. The lowest BCUT2D eigenvalue weighted by Gasteiger charge is -2.26. The Morgan fingerprint density at radius 2 is 1.40 bits per heavy atom. The Hall–Kier alpha value is -4.22. The summed E-state index contributed by atoms with van der Waals surface area (Å²) in [6, 6.07) is 33.7. The van der Waals surface area contributed by atoms with E-state index in [1.165, 1.54) is 60.1 Å². The van der Waals surface area contributed by atoms with Crippen molar-refractivity contribution < 1.29 is 14.2 Å². The van der Waals surface area contributed by atoms with Crippen LogP contribution < -0.4 is 14.2 Å². The first-order chi connectivity index (χ1) is 20.7. The Kier molecular flexibility index (Phi) is 8.76. The summed E-state index contributed by atoms with van der Waals surface area (Å²) in [5.41, 5.74) is 7.17. The predicted molar refractivity (Wildman–Crippen MR) is 171 cm³/mol. The van der Waals surface area contributed by atoms with Crippen LogP contribution in [0.1, 0.15) is 36.0 Å². The Morgan fingerprint density at radius 3 is 2.14 bits per heavy atom. The summed E-state index contributed by atoms with van der Waals surface area (Å²) in [6.07, 6.45) is 3.98. The number of hydrogen-bond acceptors (Lipinski definition) is 4. The lowest BCUT2D eigenvalue weighted by molar-refractivity contribution is 0.183. The van der Waals surface area contributed by atoms with E-state index in [9.17, 15) is 0 Å². The molecule has 0 bridgehead atoms. The fourth-order valence-electron chi connectivity index (χ4n) is 5.97. The molecular formula is C37H40N2O3. The number of piperidine rings is 1. The lowest BCUT2D eigenvalue weighted by Crippen LogP contribution is -2.33. The number of methoxy groups -OCH3 is 1. The highest BCUT2D eigenvalue weighted by Crippen LogP contribution is 2.36. The van der Waals surface area contributed by atoms with Gasteiger partial charge in [0.25, 0.3) is 0 Å². The number of hydrogen-bond donors (Lipinski definition) is 0. The Labute approximate surface area is 249 Å². The summed E-state index contributed by atoms with van der Waals surface area (Å²) in [6.45, 7) is 7.63. The second kappa shape index (κ2) is 13.2. The van der Waals surface area contributed by atoms with Crippen LogP contribution in [0.3, 0.4) is 0 Å². The highest BCUT2D eigenvalue weighted by atomic mass is 16.5. The molecule has 0 aliphatic carbocycles. The molecule has 1 aliphatic rings. The van der Waals surface area contributed by atoms with Gasteiger partial charge in [0, 0.05) is 24.0 Å². The van der Waals surface area contributed by atoms with E-state index >= 15 is 0 Å². The second-order valence-electron chi connectivity index (χ2n) is 11.1. The standard InChI is InChI=1S/C37H40N2O3/c1-28-35-25-34(42-27-30-9-5-3-6-10-30)19-20-36(35)39(37(28)31-13-17-32(40-2)18-14-31)26-29-11-15-33(16-12-29)41-24-23-38-21-7-4-8-22-38/h3,5-6,9-20,25H,4,7-8,21-24,26-27H2,1-2H3. The van der Waals surface area contributed by atoms with Crippen LogP contribution in [0, 0.1) is 6.92 Å². The van der Waals surface area contributed by atoms with Crippen LogP contribution in [0.5, 0.6) is 17.2 Å². The third-order valence-electron chi connectivity index (χ3n) is 8.29. The molecule has 5 aromatic rings. The van der Waals surface area contributed by atoms with E-state index in [1.807, 2.05) is 30.3 Å². The minimum atomic E-state index is 0.546. The first kappa shape index (κ1) is 27.9. The molecule has 1 saturated heterocycles. The molecule has 5 heteroatoms. The van der Waals surface area contributed by atoms with Crippen molar-refractivity contribution >= 4 is 10.9 Å². The smallest absolute Gasteiger partial charge is 0.120 e. The second-order valence-corrected chi connectivity index (χ2v) is 11.1. The van der Waals surface area contributed by atoms with E-state index in [-0.39, 0.29) is 0 Å². The van der Waals surface area contributed by atoms with Crippen molar-refractivity contribution in [1.82, 2.24) is 9.47 Å². The quantitative estimate of drug-likeness (QED) is 0.163. The molecular weight excluding hydrogens is 520 g/mol. The maximum atomic E-state index is 6.20. The summed E-state index contributed by atoms with van der Waals surface area (Å²) < 4.78 is 20.1. The lowest BCUT2D eigenvalue weighted by atomic mass is 10.1. The molecule has 216 valence electrons. The molecule has 0 atom stereocenters. The van der Waals surface area contributed by atoms with Crippen LogP contribution >= 0.6 is 0 Å². The summed E-state index contributed by atoms with van der Waals surface area (Å²) in [5.74, 6) is 2.66. The van der Waals surface area contributed by atoms with Crippen LogP contribution in [0.15, 0.2) is 97.1 Å². The van der Waals surface area contributed by atoms with Gasteiger partial charge < -0.3 is 18.8 Å². The number of fused-ring (bicyclic) bond motifs is 1. The van der Waals surface area contributed by atoms with Crippen molar-refractivity contribution in [2.45, 2.75) is 39.3 Å². The van der Waals surface area contributed by atoms with Gasteiger partial charge in [-0.3, -0.25) is 4.90 Å². The highest BCUT2D eigenvalue weighted by molar-refractivity contribution is 5.92. The van der Waals surface area contributed by atoms with Crippen LogP contribution in [0.2, 0.25) is 0 Å². The molecule has 2 heterocycles. The van der Waals surface area contributed by atoms with Gasteiger partial charge >= 0.3 is 0 Å². The minimum absolute atomic E-state index is 0.546. The number of aromatic nitrogens is 1. The SMILES string of the molecule is COc1ccc(-c2c(C)c3cc(OCc4ccccc4)ccc3n2Cc2ccc(OCCN3CCCCC3)cc2)cc1. The van der Waals surface area contributed by atoms with Crippen molar-refractivity contribution in [3.05, 3.63) is 114 Å². The molecule has 5 nitrogen and oxygen atoms in total. The zero-order chi connectivity index (χ0) is 28.7. The van der Waals surface area contributed by atoms with E-state index < -0.39 is 0 Å². The summed E-state index contributed by atoms with van der Waals surface area (Å²) in [7, 11) is 1.70. The summed E-state index contributed by atoms with van der Waals surface area (Å²) in [5, 5.41) is 1.20. The largest absolute Gasteiger partial charge is 0.497 e. The van der Waals surface area contributed by atoms with Gasteiger partial charge in [0.05, 0.1) is 12.8 Å². The molecule has 6 rings (SSSR count). The normalized spacial score (nSPS) is 13.8. The van der Waals surface area contributed by atoms with Crippen LogP contribution in [-0.4, -0.2) is 42.8 Å². The number of aryl methyl sites for hydroxylation is 1. The Morgan fingerprint density at radius 1 is 0.690 bits per heavy atom. The summed E-state index contributed by atoms with van der Waals surface area (Å²) in [4.78, 5) is 2.51. The van der Waals surface area contributed by atoms with E-state index in [1.54, 1.807) is 7.11 Å². The van der Waals surface area contributed by atoms with Gasteiger partial charge in [-0.05, 0) is 110 Å². The average molecular weight is 561 g/mol. The van der Waals surface area contributed by atoms with Gasteiger partial charge in [0.15, 0.2) is 0 Å². The van der Waals surface area contributed by atoms with E-state index in [2.05, 4.69) is 83.1 Å². The molecule has 1 fully saturated rings. The van der Waals surface area contributed by atoms with Gasteiger partial charge in [0.2, 0.25) is 0 Å².